The molecule has 1 N–H and O–H groups in total. The van der Waals surface area contributed by atoms with Gasteiger partial charge in [-0.05, 0) is 29.6 Å². The predicted octanol–water partition coefficient (Wildman–Crippen LogP) is 4.68. The molecule has 0 saturated heterocycles. The Kier molecular flexibility index (Phi) is 4.10. The largest absolute Gasteiger partial charge is 0.372 e. The van der Waals surface area contributed by atoms with Crippen molar-refractivity contribution >= 4 is 50.7 Å². The first-order valence-electron chi connectivity index (χ1n) is 6.06. The highest BCUT2D eigenvalue weighted by molar-refractivity contribution is 7.98. The lowest BCUT2D eigenvalue weighted by atomic mass is 10.4. The minimum Gasteiger partial charge on any atom is -0.372 e. The summed E-state index contributed by atoms with van der Waals surface area (Å²) < 4.78 is 0. The molecule has 0 spiro atoms. The van der Waals surface area contributed by atoms with Gasteiger partial charge >= 0.3 is 0 Å². The number of anilines is 1. The fourth-order valence-corrected chi connectivity index (χ4v) is 3.71. The summed E-state index contributed by atoms with van der Waals surface area (Å²) in [6.45, 7) is 0. The molecule has 0 aliphatic rings. The van der Waals surface area contributed by atoms with Crippen LogP contribution in [0, 0.1) is 0 Å². The third-order valence-electron chi connectivity index (χ3n) is 2.77. The van der Waals surface area contributed by atoms with Crippen LogP contribution in [0.1, 0.15) is 5.82 Å². The molecule has 2 heterocycles. The molecule has 6 heteroatoms. The van der Waals surface area contributed by atoms with Crippen molar-refractivity contribution in [2.75, 3.05) is 12.4 Å². The number of nitrogens with one attached hydrogen (secondary N) is 1. The normalized spacial score (nSPS) is 10.9. The first kappa shape index (κ1) is 13.7. The minimum atomic E-state index is 0.725. The number of nitrogens with zero attached hydrogens (tertiary/aromatic N) is 2. The quantitative estimate of drug-likeness (QED) is 0.708. The van der Waals surface area contributed by atoms with E-state index in [1.54, 1.807) is 23.1 Å². The summed E-state index contributed by atoms with van der Waals surface area (Å²) in [5.41, 5.74) is 0. The van der Waals surface area contributed by atoms with Crippen LogP contribution in [-0.2, 0) is 5.75 Å². The molecule has 0 saturated carbocycles. The van der Waals surface area contributed by atoms with Crippen LogP contribution in [0.3, 0.4) is 0 Å². The van der Waals surface area contributed by atoms with E-state index in [-0.39, 0.29) is 0 Å². The number of hydrogen-bond donors (Lipinski definition) is 1. The highest BCUT2D eigenvalue weighted by Gasteiger charge is 2.08. The third-order valence-corrected chi connectivity index (χ3v) is 4.80. The van der Waals surface area contributed by atoms with Gasteiger partial charge in [-0.2, -0.15) is 0 Å². The van der Waals surface area contributed by atoms with E-state index in [1.165, 1.54) is 0 Å². The summed E-state index contributed by atoms with van der Waals surface area (Å²) in [6.07, 6.45) is 0. The molecule has 1 aromatic carbocycles. The molecule has 3 rings (SSSR count). The SMILES string of the molecule is CNc1nc(CSc2cccc(Cl)c2)nc2sccc12. The maximum atomic E-state index is 5.98. The van der Waals surface area contributed by atoms with E-state index in [0.29, 0.717) is 0 Å². The summed E-state index contributed by atoms with van der Waals surface area (Å²) in [7, 11) is 1.88. The van der Waals surface area contributed by atoms with Crippen LogP contribution in [-0.4, -0.2) is 17.0 Å². The summed E-state index contributed by atoms with van der Waals surface area (Å²) in [6, 6.07) is 9.86. The number of thioether (sulfide) groups is 1. The smallest absolute Gasteiger partial charge is 0.142 e. The predicted molar refractivity (Wildman–Crippen MR) is 88.0 cm³/mol. The fraction of sp³-hybridized carbons (Fsp3) is 0.143. The van der Waals surface area contributed by atoms with Crippen molar-refractivity contribution in [3.05, 3.63) is 46.6 Å². The van der Waals surface area contributed by atoms with Crippen LogP contribution in [0.4, 0.5) is 5.82 Å². The monoisotopic (exact) mass is 321 g/mol. The first-order valence-corrected chi connectivity index (χ1v) is 8.31. The summed E-state index contributed by atoms with van der Waals surface area (Å²) in [5, 5.41) is 6.99. The second kappa shape index (κ2) is 5.99. The zero-order valence-electron chi connectivity index (χ0n) is 10.8. The molecule has 20 heavy (non-hydrogen) atoms. The molecule has 0 radical (unpaired) electrons. The van der Waals surface area contributed by atoms with Gasteiger partial charge in [0, 0.05) is 17.0 Å². The number of fused-ring (bicyclic) bond motifs is 1. The van der Waals surface area contributed by atoms with Crippen LogP contribution in [0.15, 0.2) is 40.6 Å². The molecule has 0 fully saturated rings. The van der Waals surface area contributed by atoms with Gasteiger partial charge < -0.3 is 5.32 Å². The molecule has 2 aromatic heterocycles. The van der Waals surface area contributed by atoms with E-state index in [9.17, 15) is 0 Å². The maximum absolute atomic E-state index is 5.98. The number of rotatable bonds is 4. The molecular formula is C14H12ClN3S2. The Morgan fingerprint density at radius 1 is 1.30 bits per heavy atom. The van der Waals surface area contributed by atoms with Crippen LogP contribution in [0.5, 0.6) is 0 Å². The second-order valence-electron chi connectivity index (χ2n) is 4.12. The van der Waals surface area contributed by atoms with E-state index in [0.717, 1.165) is 37.5 Å². The standard InChI is InChI=1S/C14H12ClN3S2/c1-16-13-11-5-6-19-14(11)18-12(17-13)8-20-10-4-2-3-9(15)7-10/h2-7H,8H2,1H3,(H,16,17,18). The summed E-state index contributed by atoms with van der Waals surface area (Å²) in [4.78, 5) is 11.3. The van der Waals surface area contributed by atoms with Gasteiger partial charge in [0.05, 0.1) is 11.1 Å². The van der Waals surface area contributed by atoms with Gasteiger partial charge in [-0.3, -0.25) is 0 Å². The lowest BCUT2D eigenvalue weighted by Gasteiger charge is -2.05. The molecule has 0 amide bonds. The lowest BCUT2D eigenvalue weighted by molar-refractivity contribution is 1.07. The molecule has 102 valence electrons. The molecule has 0 aliphatic heterocycles. The van der Waals surface area contributed by atoms with Gasteiger partial charge in [-0.15, -0.1) is 23.1 Å². The van der Waals surface area contributed by atoms with Gasteiger partial charge in [0.25, 0.3) is 0 Å². The van der Waals surface area contributed by atoms with Crippen molar-refractivity contribution in [3.63, 3.8) is 0 Å². The summed E-state index contributed by atoms with van der Waals surface area (Å²) in [5.74, 6) is 2.44. The number of aromatic nitrogens is 2. The second-order valence-corrected chi connectivity index (χ2v) is 6.50. The Morgan fingerprint density at radius 2 is 2.20 bits per heavy atom. The van der Waals surface area contributed by atoms with Crippen molar-refractivity contribution in [3.8, 4) is 0 Å². The highest BCUT2D eigenvalue weighted by Crippen LogP contribution is 2.28. The van der Waals surface area contributed by atoms with Gasteiger partial charge in [0.15, 0.2) is 0 Å². The number of hydrogen-bond acceptors (Lipinski definition) is 5. The Bertz CT molecular complexity index is 742. The van der Waals surface area contributed by atoms with Gasteiger partial charge in [0.1, 0.15) is 16.5 Å². The summed E-state index contributed by atoms with van der Waals surface area (Å²) >= 11 is 9.30. The van der Waals surface area contributed by atoms with Crippen LogP contribution in [0.25, 0.3) is 10.2 Å². The Balaban J connectivity index is 1.83. The molecule has 0 atom stereocenters. The third kappa shape index (κ3) is 2.90. The van der Waals surface area contributed by atoms with E-state index in [4.69, 9.17) is 11.6 Å². The topological polar surface area (TPSA) is 37.8 Å². The molecular weight excluding hydrogens is 310 g/mol. The minimum absolute atomic E-state index is 0.725. The highest BCUT2D eigenvalue weighted by atomic mass is 35.5. The van der Waals surface area contributed by atoms with Crippen molar-refractivity contribution in [1.82, 2.24) is 9.97 Å². The zero-order valence-corrected chi connectivity index (χ0v) is 13.1. The molecule has 0 aliphatic carbocycles. The molecule has 0 unspecified atom stereocenters. The van der Waals surface area contributed by atoms with Crippen molar-refractivity contribution in [1.29, 1.82) is 0 Å². The number of thiophene rings is 1. The van der Waals surface area contributed by atoms with E-state index >= 15 is 0 Å². The number of benzene rings is 1. The molecule has 3 aromatic rings. The molecule has 3 nitrogen and oxygen atoms in total. The van der Waals surface area contributed by atoms with E-state index in [1.807, 2.05) is 42.8 Å². The van der Waals surface area contributed by atoms with E-state index < -0.39 is 0 Å². The van der Waals surface area contributed by atoms with Crippen LogP contribution in [0.2, 0.25) is 5.02 Å². The first-order chi connectivity index (χ1) is 9.76. The average Bonchev–Trinajstić information content (AvgIpc) is 2.92. The van der Waals surface area contributed by atoms with Gasteiger partial charge in [0.2, 0.25) is 0 Å². The number of halogens is 1. The molecule has 0 bridgehead atoms. The maximum Gasteiger partial charge on any atom is 0.142 e. The van der Waals surface area contributed by atoms with Gasteiger partial charge in [-0.1, -0.05) is 17.7 Å². The van der Waals surface area contributed by atoms with Crippen molar-refractivity contribution in [2.24, 2.45) is 0 Å². The van der Waals surface area contributed by atoms with Crippen molar-refractivity contribution in [2.45, 2.75) is 10.6 Å². The van der Waals surface area contributed by atoms with E-state index in [2.05, 4.69) is 15.3 Å². The average molecular weight is 322 g/mol. The van der Waals surface area contributed by atoms with Crippen LogP contribution < -0.4 is 5.32 Å². The Hall–Kier alpha value is -1.30. The van der Waals surface area contributed by atoms with Gasteiger partial charge in [-0.25, -0.2) is 9.97 Å². The Labute approximate surface area is 130 Å². The van der Waals surface area contributed by atoms with Crippen LogP contribution >= 0.6 is 34.7 Å². The zero-order chi connectivity index (χ0) is 13.9. The Morgan fingerprint density at radius 3 is 3.00 bits per heavy atom. The van der Waals surface area contributed by atoms with Crippen molar-refractivity contribution < 1.29 is 0 Å². The lowest BCUT2D eigenvalue weighted by Crippen LogP contribution is -1.99. The fourth-order valence-electron chi connectivity index (χ4n) is 1.86.